The van der Waals surface area contributed by atoms with E-state index in [0.29, 0.717) is 13.1 Å². The maximum Gasteiger partial charge on any atom is 0.314 e. The number of ether oxygens (including phenoxy) is 1. The number of nitrogens with one attached hydrogen (secondary N) is 2. The summed E-state index contributed by atoms with van der Waals surface area (Å²) < 4.78 is 5.43. The average Bonchev–Trinajstić information content (AvgIpc) is 2.91. The number of hydrogen-bond acceptors (Lipinski definition) is 2. The summed E-state index contributed by atoms with van der Waals surface area (Å²) in [5.41, 5.74) is 1.23. The minimum atomic E-state index is -0.110. The van der Waals surface area contributed by atoms with Crippen molar-refractivity contribution in [2.45, 2.75) is 25.4 Å². The SMILES string of the molecule is O=C(NCCc1ccccc1)NC[C@@H]1CCCO1. The quantitative estimate of drug-likeness (QED) is 0.833. The molecule has 2 N–H and O–H groups in total. The molecule has 1 fully saturated rings. The van der Waals surface area contributed by atoms with Crippen LogP contribution >= 0.6 is 0 Å². The van der Waals surface area contributed by atoms with Gasteiger partial charge >= 0.3 is 6.03 Å². The Morgan fingerprint density at radius 2 is 2.11 bits per heavy atom. The van der Waals surface area contributed by atoms with Crippen molar-refractivity contribution in [3.05, 3.63) is 35.9 Å². The fourth-order valence-corrected chi connectivity index (χ4v) is 2.04. The van der Waals surface area contributed by atoms with Gasteiger partial charge in [-0.05, 0) is 24.8 Å². The highest BCUT2D eigenvalue weighted by Crippen LogP contribution is 2.10. The van der Waals surface area contributed by atoms with Crippen molar-refractivity contribution in [3.63, 3.8) is 0 Å². The Labute approximate surface area is 108 Å². The summed E-state index contributed by atoms with van der Waals surface area (Å²) in [6.07, 6.45) is 3.20. The summed E-state index contributed by atoms with van der Waals surface area (Å²) in [6.45, 7) is 2.08. The fraction of sp³-hybridized carbons (Fsp3) is 0.500. The van der Waals surface area contributed by atoms with Crippen molar-refractivity contribution in [2.24, 2.45) is 0 Å². The van der Waals surface area contributed by atoms with Crippen LogP contribution in [-0.2, 0) is 11.2 Å². The Morgan fingerprint density at radius 1 is 1.28 bits per heavy atom. The van der Waals surface area contributed by atoms with E-state index in [-0.39, 0.29) is 12.1 Å². The van der Waals surface area contributed by atoms with Gasteiger partial charge in [0, 0.05) is 19.7 Å². The predicted molar refractivity (Wildman–Crippen MR) is 70.5 cm³/mol. The zero-order valence-corrected chi connectivity index (χ0v) is 10.5. The van der Waals surface area contributed by atoms with Gasteiger partial charge in [-0.1, -0.05) is 30.3 Å². The van der Waals surface area contributed by atoms with Gasteiger partial charge < -0.3 is 15.4 Å². The second kappa shape index (κ2) is 7.01. The van der Waals surface area contributed by atoms with E-state index in [9.17, 15) is 4.79 Å². The molecule has 0 bridgehead atoms. The van der Waals surface area contributed by atoms with Gasteiger partial charge in [0.2, 0.25) is 0 Å². The summed E-state index contributed by atoms with van der Waals surface area (Å²) in [5, 5.41) is 5.69. The van der Waals surface area contributed by atoms with E-state index in [1.807, 2.05) is 18.2 Å². The molecule has 18 heavy (non-hydrogen) atoms. The van der Waals surface area contributed by atoms with Gasteiger partial charge in [0.25, 0.3) is 0 Å². The summed E-state index contributed by atoms with van der Waals surface area (Å²) in [5.74, 6) is 0. The Morgan fingerprint density at radius 3 is 2.83 bits per heavy atom. The van der Waals surface area contributed by atoms with E-state index in [2.05, 4.69) is 22.8 Å². The molecule has 1 heterocycles. The lowest BCUT2D eigenvalue weighted by molar-refractivity contribution is 0.111. The third kappa shape index (κ3) is 4.37. The van der Waals surface area contributed by atoms with Crippen molar-refractivity contribution >= 4 is 6.03 Å². The first kappa shape index (κ1) is 12.9. The largest absolute Gasteiger partial charge is 0.376 e. The molecule has 4 heteroatoms. The zero-order chi connectivity index (χ0) is 12.6. The smallest absolute Gasteiger partial charge is 0.314 e. The predicted octanol–water partition coefficient (Wildman–Crippen LogP) is 1.71. The van der Waals surface area contributed by atoms with Crippen LogP contribution in [-0.4, -0.2) is 31.8 Å². The molecule has 1 atom stereocenters. The normalized spacial score (nSPS) is 18.6. The molecule has 0 radical (unpaired) electrons. The molecule has 1 saturated heterocycles. The molecular formula is C14H20N2O2. The van der Waals surface area contributed by atoms with Crippen molar-refractivity contribution in [3.8, 4) is 0 Å². The average molecular weight is 248 g/mol. The van der Waals surface area contributed by atoms with E-state index in [1.165, 1.54) is 5.56 Å². The second-order valence-electron chi connectivity index (χ2n) is 4.51. The minimum absolute atomic E-state index is 0.110. The lowest BCUT2D eigenvalue weighted by Gasteiger charge is -2.11. The molecule has 98 valence electrons. The Bertz CT molecular complexity index is 361. The molecule has 0 aliphatic carbocycles. The maximum atomic E-state index is 11.5. The van der Waals surface area contributed by atoms with Gasteiger partial charge in [-0.2, -0.15) is 0 Å². The molecule has 2 rings (SSSR count). The molecule has 0 unspecified atom stereocenters. The molecule has 0 saturated carbocycles. The van der Waals surface area contributed by atoms with Gasteiger partial charge in [0.05, 0.1) is 6.10 Å². The van der Waals surface area contributed by atoms with Crippen molar-refractivity contribution in [1.82, 2.24) is 10.6 Å². The van der Waals surface area contributed by atoms with E-state index in [0.717, 1.165) is 25.9 Å². The number of hydrogen-bond donors (Lipinski definition) is 2. The van der Waals surface area contributed by atoms with Crippen molar-refractivity contribution < 1.29 is 9.53 Å². The van der Waals surface area contributed by atoms with Gasteiger partial charge in [-0.25, -0.2) is 4.79 Å². The van der Waals surface area contributed by atoms with Crippen LogP contribution in [0.3, 0.4) is 0 Å². The van der Waals surface area contributed by atoms with Crippen LogP contribution in [0.25, 0.3) is 0 Å². The molecule has 2 amide bonds. The van der Waals surface area contributed by atoms with Crippen LogP contribution in [0.1, 0.15) is 18.4 Å². The molecule has 0 spiro atoms. The summed E-state index contributed by atoms with van der Waals surface area (Å²) >= 11 is 0. The van der Waals surface area contributed by atoms with E-state index in [1.54, 1.807) is 0 Å². The Balaban J connectivity index is 1.57. The first-order chi connectivity index (χ1) is 8.84. The van der Waals surface area contributed by atoms with E-state index >= 15 is 0 Å². The van der Waals surface area contributed by atoms with Gasteiger partial charge in [-0.3, -0.25) is 0 Å². The van der Waals surface area contributed by atoms with Crippen molar-refractivity contribution in [2.75, 3.05) is 19.7 Å². The Kier molecular flexibility index (Phi) is 5.02. The van der Waals surface area contributed by atoms with Gasteiger partial charge in [-0.15, -0.1) is 0 Å². The van der Waals surface area contributed by atoms with Crippen LogP contribution in [0.4, 0.5) is 4.79 Å². The maximum absolute atomic E-state index is 11.5. The Hall–Kier alpha value is -1.55. The summed E-state index contributed by atoms with van der Waals surface area (Å²) in [4.78, 5) is 11.5. The van der Waals surface area contributed by atoms with Gasteiger partial charge in [0.1, 0.15) is 0 Å². The lowest BCUT2D eigenvalue weighted by Crippen LogP contribution is -2.40. The van der Waals surface area contributed by atoms with Crippen LogP contribution < -0.4 is 10.6 Å². The van der Waals surface area contributed by atoms with Gasteiger partial charge in [0.15, 0.2) is 0 Å². The summed E-state index contributed by atoms with van der Waals surface area (Å²) in [7, 11) is 0. The van der Waals surface area contributed by atoms with Crippen molar-refractivity contribution in [1.29, 1.82) is 0 Å². The van der Waals surface area contributed by atoms with E-state index < -0.39 is 0 Å². The summed E-state index contributed by atoms with van der Waals surface area (Å²) in [6, 6.07) is 10.0. The monoisotopic (exact) mass is 248 g/mol. The van der Waals surface area contributed by atoms with Crippen LogP contribution in [0, 0.1) is 0 Å². The minimum Gasteiger partial charge on any atom is -0.376 e. The molecule has 4 nitrogen and oxygen atoms in total. The zero-order valence-electron chi connectivity index (χ0n) is 10.5. The standard InChI is InChI=1S/C14H20N2O2/c17-14(16-11-13-7-4-10-18-13)15-9-8-12-5-2-1-3-6-12/h1-3,5-6,13H,4,7-11H2,(H2,15,16,17)/t13-/m0/s1. The number of amides is 2. The highest BCUT2D eigenvalue weighted by Gasteiger charge is 2.15. The fourth-order valence-electron chi connectivity index (χ4n) is 2.04. The molecular weight excluding hydrogens is 228 g/mol. The molecule has 1 aliphatic heterocycles. The van der Waals surface area contributed by atoms with Crippen LogP contribution in [0.5, 0.6) is 0 Å². The molecule has 0 aromatic heterocycles. The van der Waals surface area contributed by atoms with Crippen LogP contribution in [0.2, 0.25) is 0 Å². The lowest BCUT2D eigenvalue weighted by atomic mass is 10.1. The molecule has 1 aromatic rings. The third-order valence-electron chi connectivity index (χ3n) is 3.06. The van der Waals surface area contributed by atoms with Crippen LogP contribution in [0.15, 0.2) is 30.3 Å². The first-order valence-electron chi connectivity index (χ1n) is 6.52. The molecule has 1 aliphatic rings. The number of rotatable bonds is 5. The third-order valence-corrected chi connectivity index (χ3v) is 3.06. The first-order valence-corrected chi connectivity index (χ1v) is 6.52. The number of benzene rings is 1. The number of urea groups is 1. The topological polar surface area (TPSA) is 50.4 Å². The van der Waals surface area contributed by atoms with E-state index in [4.69, 9.17) is 4.74 Å². The second-order valence-corrected chi connectivity index (χ2v) is 4.51. The number of carbonyl (C=O) groups is 1. The number of carbonyl (C=O) groups excluding carboxylic acids is 1. The highest BCUT2D eigenvalue weighted by atomic mass is 16.5. The highest BCUT2D eigenvalue weighted by molar-refractivity contribution is 5.73. The molecule has 1 aromatic carbocycles.